The Labute approximate surface area is 114 Å². The molecule has 102 valence electrons. The van der Waals surface area contributed by atoms with Crippen molar-refractivity contribution in [1.82, 2.24) is 10.3 Å². The number of hydrogen-bond acceptors (Lipinski definition) is 3. The number of hydrogen-bond donors (Lipinski definition) is 2. The predicted octanol–water partition coefficient (Wildman–Crippen LogP) is 1.59. The summed E-state index contributed by atoms with van der Waals surface area (Å²) in [5.74, 6) is -1.16. The maximum atomic E-state index is 12.7. The number of aromatic nitrogens is 1. The summed E-state index contributed by atoms with van der Waals surface area (Å²) in [5.41, 5.74) is 0.842. The minimum absolute atomic E-state index is 0.175. The maximum Gasteiger partial charge on any atom is 0.253 e. The molecule has 2 rings (SSSR count). The zero-order valence-corrected chi connectivity index (χ0v) is 10.5. The minimum atomic E-state index is -0.395. The van der Waals surface area contributed by atoms with Gasteiger partial charge in [0.1, 0.15) is 5.82 Å². The SMILES string of the molecule is O=C(CNC(=O)c1cccnc1)Nc1ccc(F)cc1. The predicted molar refractivity (Wildman–Crippen MR) is 71.6 cm³/mol. The van der Waals surface area contributed by atoms with Crippen LogP contribution in [0.1, 0.15) is 10.4 Å². The van der Waals surface area contributed by atoms with Crippen LogP contribution in [0.3, 0.4) is 0 Å². The molecule has 0 aliphatic heterocycles. The van der Waals surface area contributed by atoms with Crippen LogP contribution in [0, 0.1) is 5.82 Å². The van der Waals surface area contributed by atoms with E-state index in [1.165, 1.54) is 30.5 Å². The Morgan fingerprint density at radius 2 is 1.90 bits per heavy atom. The third-order valence-corrected chi connectivity index (χ3v) is 2.46. The Morgan fingerprint density at radius 1 is 1.15 bits per heavy atom. The molecular formula is C14H12FN3O2. The molecule has 2 N–H and O–H groups in total. The van der Waals surface area contributed by atoms with Crippen molar-refractivity contribution < 1.29 is 14.0 Å². The molecule has 1 aromatic carbocycles. The number of amides is 2. The summed E-state index contributed by atoms with van der Waals surface area (Å²) in [6.45, 7) is -0.175. The van der Waals surface area contributed by atoms with Gasteiger partial charge in [-0.2, -0.15) is 0 Å². The van der Waals surface area contributed by atoms with Crippen molar-refractivity contribution >= 4 is 17.5 Å². The van der Waals surface area contributed by atoms with Crippen LogP contribution < -0.4 is 10.6 Å². The Kier molecular flexibility index (Phi) is 4.39. The van der Waals surface area contributed by atoms with E-state index in [9.17, 15) is 14.0 Å². The van der Waals surface area contributed by atoms with Gasteiger partial charge in [0.2, 0.25) is 5.91 Å². The fraction of sp³-hybridized carbons (Fsp3) is 0.0714. The molecule has 0 radical (unpaired) electrons. The second-order valence-electron chi connectivity index (χ2n) is 3.98. The summed E-state index contributed by atoms with van der Waals surface area (Å²) in [6.07, 6.45) is 2.96. The molecule has 0 atom stereocenters. The van der Waals surface area contributed by atoms with Crippen LogP contribution in [0.2, 0.25) is 0 Å². The van der Waals surface area contributed by atoms with Crippen molar-refractivity contribution in [2.75, 3.05) is 11.9 Å². The lowest BCUT2D eigenvalue weighted by Gasteiger charge is -2.06. The van der Waals surface area contributed by atoms with Gasteiger partial charge in [-0.15, -0.1) is 0 Å². The summed E-state index contributed by atoms with van der Waals surface area (Å²) in [6, 6.07) is 8.59. The molecule has 0 aliphatic carbocycles. The molecule has 1 aromatic heterocycles. The van der Waals surface area contributed by atoms with Gasteiger partial charge < -0.3 is 10.6 Å². The lowest BCUT2D eigenvalue weighted by Crippen LogP contribution is -2.32. The minimum Gasteiger partial charge on any atom is -0.343 e. The van der Waals surface area contributed by atoms with Crippen LogP contribution in [0.4, 0.5) is 10.1 Å². The third kappa shape index (κ3) is 3.88. The summed E-state index contributed by atoms with van der Waals surface area (Å²) < 4.78 is 12.7. The van der Waals surface area contributed by atoms with Crippen molar-refractivity contribution in [2.45, 2.75) is 0 Å². The van der Waals surface area contributed by atoms with E-state index in [2.05, 4.69) is 15.6 Å². The van der Waals surface area contributed by atoms with Gasteiger partial charge in [0.15, 0.2) is 0 Å². The number of rotatable bonds is 4. The van der Waals surface area contributed by atoms with Crippen molar-refractivity contribution in [1.29, 1.82) is 0 Å². The quantitative estimate of drug-likeness (QED) is 0.888. The van der Waals surface area contributed by atoms with Crippen LogP contribution in [-0.2, 0) is 4.79 Å². The topological polar surface area (TPSA) is 71.1 Å². The first-order chi connectivity index (χ1) is 9.65. The van der Waals surface area contributed by atoms with E-state index in [-0.39, 0.29) is 18.3 Å². The first kappa shape index (κ1) is 13.7. The Bertz CT molecular complexity index is 600. The van der Waals surface area contributed by atoms with E-state index in [1.54, 1.807) is 18.3 Å². The van der Waals surface area contributed by atoms with Gasteiger partial charge in [-0.1, -0.05) is 0 Å². The second-order valence-corrected chi connectivity index (χ2v) is 3.98. The molecule has 0 bridgehead atoms. The fourth-order valence-corrected chi connectivity index (χ4v) is 1.50. The Balaban J connectivity index is 1.83. The largest absolute Gasteiger partial charge is 0.343 e. The molecule has 0 aliphatic rings. The average molecular weight is 273 g/mol. The van der Waals surface area contributed by atoms with Crippen molar-refractivity contribution in [3.63, 3.8) is 0 Å². The molecule has 0 fully saturated rings. The van der Waals surface area contributed by atoms with Crippen molar-refractivity contribution in [3.05, 3.63) is 60.2 Å². The van der Waals surface area contributed by atoms with Crippen LogP contribution in [0.15, 0.2) is 48.8 Å². The van der Waals surface area contributed by atoms with E-state index >= 15 is 0 Å². The van der Waals surface area contributed by atoms with E-state index in [1.807, 2.05) is 0 Å². The molecule has 0 unspecified atom stereocenters. The van der Waals surface area contributed by atoms with Crippen LogP contribution >= 0.6 is 0 Å². The highest BCUT2D eigenvalue weighted by atomic mass is 19.1. The maximum absolute atomic E-state index is 12.7. The van der Waals surface area contributed by atoms with Gasteiger partial charge in [0.05, 0.1) is 12.1 Å². The first-order valence-electron chi connectivity index (χ1n) is 5.89. The Morgan fingerprint density at radius 3 is 2.55 bits per heavy atom. The summed E-state index contributed by atoms with van der Waals surface area (Å²) in [5, 5.41) is 5.01. The van der Waals surface area contributed by atoms with E-state index in [4.69, 9.17) is 0 Å². The van der Waals surface area contributed by atoms with Gasteiger partial charge in [-0.3, -0.25) is 14.6 Å². The van der Waals surface area contributed by atoms with Gasteiger partial charge in [-0.05, 0) is 36.4 Å². The summed E-state index contributed by atoms with van der Waals surface area (Å²) >= 11 is 0. The van der Waals surface area contributed by atoms with Gasteiger partial charge >= 0.3 is 0 Å². The highest BCUT2D eigenvalue weighted by Gasteiger charge is 2.08. The lowest BCUT2D eigenvalue weighted by atomic mass is 10.2. The van der Waals surface area contributed by atoms with Crippen LogP contribution in [0.5, 0.6) is 0 Å². The van der Waals surface area contributed by atoms with Crippen molar-refractivity contribution in [2.24, 2.45) is 0 Å². The molecule has 0 spiro atoms. The summed E-state index contributed by atoms with van der Waals surface area (Å²) in [4.78, 5) is 27.1. The van der Waals surface area contributed by atoms with Crippen LogP contribution in [0.25, 0.3) is 0 Å². The number of nitrogens with zero attached hydrogens (tertiary/aromatic N) is 1. The van der Waals surface area contributed by atoms with Gasteiger partial charge in [0.25, 0.3) is 5.91 Å². The number of pyridine rings is 1. The van der Waals surface area contributed by atoms with E-state index < -0.39 is 5.91 Å². The summed E-state index contributed by atoms with van der Waals surface area (Å²) in [7, 11) is 0. The number of anilines is 1. The lowest BCUT2D eigenvalue weighted by molar-refractivity contribution is -0.115. The molecular weight excluding hydrogens is 261 g/mol. The van der Waals surface area contributed by atoms with Gasteiger partial charge in [-0.25, -0.2) is 4.39 Å². The smallest absolute Gasteiger partial charge is 0.253 e. The van der Waals surface area contributed by atoms with E-state index in [0.29, 0.717) is 11.3 Å². The molecule has 6 heteroatoms. The normalized spacial score (nSPS) is 9.85. The number of benzene rings is 1. The van der Waals surface area contributed by atoms with Gasteiger partial charge in [0, 0.05) is 18.1 Å². The molecule has 2 amide bonds. The zero-order valence-electron chi connectivity index (χ0n) is 10.5. The molecule has 0 saturated carbocycles. The molecule has 1 heterocycles. The van der Waals surface area contributed by atoms with Crippen LogP contribution in [-0.4, -0.2) is 23.3 Å². The second kappa shape index (κ2) is 6.42. The average Bonchev–Trinajstić information content (AvgIpc) is 2.48. The first-order valence-corrected chi connectivity index (χ1v) is 5.89. The highest BCUT2D eigenvalue weighted by molar-refractivity contribution is 5.99. The molecule has 2 aromatic rings. The monoisotopic (exact) mass is 273 g/mol. The zero-order chi connectivity index (χ0) is 14.4. The Hall–Kier alpha value is -2.76. The van der Waals surface area contributed by atoms with Crippen molar-refractivity contribution in [3.8, 4) is 0 Å². The fourth-order valence-electron chi connectivity index (χ4n) is 1.50. The van der Waals surface area contributed by atoms with E-state index in [0.717, 1.165) is 0 Å². The molecule has 0 saturated heterocycles. The highest BCUT2D eigenvalue weighted by Crippen LogP contribution is 2.07. The molecule has 5 nitrogen and oxygen atoms in total. The molecule has 20 heavy (non-hydrogen) atoms. The number of carbonyl (C=O) groups is 2. The number of nitrogens with one attached hydrogen (secondary N) is 2. The number of halogens is 1. The third-order valence-electron chi connectivity index (χ3n) is 2.46. The number of carbonyl (C=O) groups excluding carboxylic acids is 2. The standard InChI is InChI=1S/C14H12FN3O2/c15-11-3-5-12(6-4-11)18-13(19)9-17-14(20)10-2-1-7-16-8-10/h1-8H,9H2,(H,17,20)(H,18,19).